The Morgan fingerprint density at radius 3 is 2.29 bits per heavy atom. The van der Waals surface area contributed by atoms with Crippen molar-refractivity contribution in [3.8, 4) is 0 Å². The van der Waals surface area contributed by atoms with Crippen LogP contribution < -0.4 is 5.32 Å². The van der Waals surface area contributed by atoms with Crippen LogP contribution in [-0.4, -0.2) is 48.2 Å². The summed E-state index contributed by atoms with van der Waals surface area (Å²) in [7, 11) is 0. The largest absolute Gasteiger partial charge is 0.480 e. The Labute approximate surface area is 96.2 Å². The molecule has 14 heavy (non-hydrogen) atoms. The number of nitrogens with one attached hydrogen (secondary N) is 1. The van der Waals surface area contributed by atoms with E-state index in [0.29, 0.717) is 0 Å². The van der Waals surface area contributed by atoms with Gasteiger partial charge in [0.15, 0.2) is 0 Å². The third-order valence-electron chi connectivity index (χ3n) is 2.02. The van der Waals surface area contributed by atoms with E-state index in [-0.39, 0.29) is 24.8 Å². The number of carbonyl (C=O) groups is 1. The van der Waals surface area contributed by atoms with E-state index in [9.17, 15) is 4.79 Å². The average Bonchev–Trinajstić information content (AvgIpc) is 2.07. The standard InChI is InChI=1S/C8H14N2O2.2ClH/c1-2-7(8(11)12)10-5-3-9-4-6-10;;/h2,7,9H,1,3-6H2,(H,11,12);2*1H. The van der Waals surface area contributed by atoms with E-state index in [1.807, 2.05) is 4.90 Å². The van der Waals surface area contributed by atoms with Crippen LogP contribution in [0.4, 0.5) is 0 Å². The topological polar surface area (TPSA) is 52.6 Å². The van der Waals surface area contributed by atoms with Gasteiger partial charge in [0.2, 0.25) is 0 Å². The molecule has 1 aliphatic rings. The van der Waals surface area contributed by atoms with Gasteiger partial charge >= 0.3 is 5.97 Å². The highest BCUT2D eigenvalue weighted by atomic mass is 35.5. The predicted octanol–water partition coefficient (Wildman–Crippen LogP) is 0.374. The van der Waals surface area contributed by atoms with Crippen molar-refractivity contribution in [2.75, 3.05) is 26.2 Å². The minimum absolute atomic E-state index is 0. The second-order valence-corrected chi connectivity index (χ2v) is 2.80. The lowest BCUT2D eigenvalue weighted by molar-refractivity contribution is -0.141. The van der Waals surface area contributed by atoms with Crippen LogP contribution in [0.1, 0.15) is 0 Å². The summed E-state index contributed by atoms with van der Waals surface area (Å²) in [6, 6.07) is -0.521. The minimum Gasteiger partial charge on any atom is -0.480 e. The van der Waals surface area contributed by atoms with Crippen LogP contribution in [0.2, 0.25) is 0 Å². The zero-order valence-electron chi connectivity index (χ0n) is 7.81. The molecule has 4 nitrogen and oxygen atoms in total. The maximum atomic E-state index is 10.7. The first kappa shape index (κ1) is 16.2. The Hall–Kier alpha value is -0.290. The van der Waals surface area contributed by atoms with Crippen molar-refractivity contribution in [2.24, 2.45) is 0 Å². The molecular formula is C8H16Cl2N2O2. The number of carboxylic acid groups (broad SMARTS) is 1. The number of piperazine rings is 1. The van der Waals surface area contributed by atoms with E-state index in [0.717, 1.165) is 26.2 Å². The molecule has 0 saturated carbocycles. The predicted molar refractivity (Wildman–Crippen MR) is 60.6 cm³/mol. The van der Waals surface area contributed by atoms with Crippen LogP contribution in [0.3, 0.4) is 0 Å². The van der Waals surface area contributed by atoms with E-state index in [4.69, 9.17) is 5.11 Å². The van der Waals surface area contributed by atoms with Crippen molar-refractivity contribution >= 4 is 30.8 Å². The molecule has 0 radical (unpaired) electrons. The first-order chi connectivity index (χ1) is 5.75. The Bertz CT molecular complexity index is 184. The molecule has 1 heterocycles. The fourth-order valence-corrected chi connectivity index (χ4v) is 1.37. The maximum absolute atomic E-state index is 10.7. The fourth-order valence-electron chi connectivity index (χ4n) is 1.37. The fraction of sp³-hybridized carbons (Fsp3) is 0.625. The molecule has 0 aromatic rings. The van der Waals surface area contributed by atoms with Crippen LogP contribution in [0.5, 0.6) is 0 Å². The van der Waals surface area contributed by atoms with E-state index in [1.54, 1.807) is 0 Å². The van der Waals surface area contributed by atoms with Gasteiger partial charge in [0.05, 0.1) is 0 Å². The van der Waals surface area contributed by atoms with Gasteiger partial charge < -0.3 is 10.4 Å². The van der Waals surface area contributed by atoms with E-state index >= 15 is 0 Å². The maximum Gasteiger partial charge on any atom is 0.324 e. The summed E-state index contributed by atoms with van der Waals surface area (Å²) in [5.74, 6) is -0.813. The molecule has 1 unspecified atom stereocenters. The molecule has 6 heteroatoms. The summed E-state index contributed by atoms with van der Waals surface area (Å²) in [5.41, 5.74) is 0. The summed E-state index contributed by atoms with van der Waals surface area (Å²) >= 11 is 0. The molecule has 1 saturated heterocycles. The van der Waals surface area contributed by atoms with Crippen molar-refractivity contribution in [1.82, 2.24) is 10.2 Å². The van der Waals surface area contributed by atoms with Crippen molar-refractivity contribution in [2.45, 2.75) is 6.04 Å². The summed E-state index contributed by atoms with van der Waals surface area (Å²) < 4.78 is 0. The first-order valence-corrected chi connectivity index (χ1v) is 4.06. The van der Waals surface area contributed by atoms with Crippen LogP contribution in [0, 0.1) is 0 Å². The molecule has 0 amide bonds. The number of hydrogen-bond acceptors (Lipinski definition) is 3. The lowest BCUT2D eigenvalue weighted by Gasteiger charge is -2.30. The highest BCUT2D eigenvalue weighted by Gasteiger charge is 2.23. The van der Waals surface area contributed by atoms with E-state index in [1.165, 1.54) is 6.08 Å². The molecule has 84 valence electrons. The molecule has 0 aromatic heterocycles. The number of hydrogen-bond donors (Lipinski definition) is 2. The molecule has 0 spiro atoms. The van der Waals surface area contributed by atoms with Gasteiger partial charge in [-0.2, -0.15) is 0 Å². The highest BCUT2D eigenvalue weighted by Crippen LogP contribution is 2.02. The Morgan fingerprint density at radius 1 is 1.43 bits per heavy atom. The Balaban J connectivity index is 0. The average molecular weight is 243 g/mol. The lowest BCUT2D eigenvalue weighted by Crippen LogP contribution is -2.50. The molecule has 1 fully saturated rings. The second kappa shape index (κ2) is 8.05. The zero-order chi connectivity index (χ0) is 8.97. The van der Waals surface area contributed by atoms with Gasteiger partial charge in [-0.1, -0.05) is 6.08 Å². The van der Waals surface area contributed by atoms with Crippen LogP contribution in [0.15, 0.2) is 12.7 Å². The third kappa shape index (κ3) is 4.28. The van der Waals surface area contributed by atoms with Crippen molar-refractivity contribution < 1.29 is 9.90 Å². The van der Waals surface area contributed by atoms with Gasteiger partial charge in [0.1, 0.15) is 6.04 Å². The van der Waals surface area contributed by atoms with Gasteiger partial charge in [0.25, 0.3) is 0 Å². The molecule has 2 N–H and O–H groups in total. The second-order valence-electron chi connectivity index (χ2n) is 2.80. The minimum atomic E-state index is -0.813. The number of halogens is 2. The van der Waals surface area contributed by atoms with Crippen molar-refractivity contribution in [1.29, 1.82) is 0 Å². The molecule has 1 aliphatic heterocycles. The van der Waals surface area contributed by atoms with Crippen LogP contribution in [-0.2, 0) is 4.79 Å². The molecule has 1 rings (SSSR count). The van der Waals surface area contributed by atoms with Gasteiger partial charge in [-0.25, -0.2) is 0 Å². The SMILES string of the molecule is C=CC(C(=O)O)N1CCNCC1.Cl.Cl. The number of carboxylic acids is 1. The van der Waals surface area contributed by atoms with Crippen LogP contribution >= 0.6 is 24.8 Å². The van der Waals surface area contributed by atoms with Crippen molar-refractivity contribution in [3.05, 3.63) is 12.7 Å². The third-order valence-corrected chi connectivity index (χ3v) is 2.02. The summed E-state index contributed by atoms with van der Waals surface area (Å²) in [6.45, 7) is 6.79. The highest BCUT2D eigenvalue weighted by molar-refractivity contribution is 5.85. The number of aliphatic carboxylic acids is 1. The Morgan fingerprint density at radius 2 is 1.93 bits per heavy atom. The lowest BCUT2D eigenvalue weighted by atomic mass is 10.2. The van der Waals surface area contributed by atoms with E-state index in [2.05, 4.69) is 11.9 Å². The van der Waals surface area contributed by atoms with Gasteiger partial charge in [-0.05, 0) is 0 Å². The van der Waals surface area contributed by atoms with E-state index < -0.39 is 12.0 Å². The first-order valence-electron chi connectivity index (χ1n) is 4.06. The van der Waals surface area contributed by atoms with Crippen LogP contribution in [0.25, 0.3) is 0 Å². The normalized spacial score (nSPS) is 18.6. The molecular weight excluding hydrogens is 227 g/mol. The number of rotatable bonds is 3. The summed E-state index contributed by atoms with van der Waals surface area (Å²) in [4.78, 5) is 12.6. The Kier molecular flexibility index (Phi) is 9.29. The summed E-state index contributed by atoms with van der Waals surface area (Å²) in [5, 5.41) is 12.0. The molecule has 1 atom stereocenters. The van der Waals surface area contributed by atoms with Gasteiger partial charge in [-0.15, -0.1) is 31.4 Å². The molecule has 0 bridgehead atoms. The number of nitrogens with zero attached hydrogens (tertiary/aromatic N) is 1. The monoisotopic (exact) mass is 242 g/mol. The van der Waals surface area contributed by atoms with Gasteiger partial charge in [0, 0.05) is 26.2 Å². The zero-order valence-corrected chi connectivity index (χ0v) is 9.44. The molecule has 0 aromatic carbocycles. The smallest absolute Gasteiger partial charge is 0.324 e. The summed E-state index contributed by atoms with van der Waals surface area (Å²) in [6.07, 6.45) is 1.48. The molecule has 0 aliphatic carbocycles. The quantitative estimate of drug-likeness (QED) is 0.703. The van der Waals surface area contributed by atoms with Gasteiger partial charge in [-0.3, -0.25) is 9.69 Å². The van der Waals surface area contributed by atoms with Crippen molar-refractivity contribution in [3.63, 3.8) is 0 Å².